The van der Waals surface area contributed by atoms with E-state index in [9.17, 15) is 0 Å². The second-order valence-electron chi connectivity index (χ2n) is 4.72. The molecular formula is C19H26N2O. The van der Waals surface area contributed by atoms with E-state index in [2.05, 4.69) is 67.4 Å². The topological polar surface area (TPSA) is 25.4 Å². The van der Waals surface area contributed by atoms with E-state index in [-0.39, 0.29) is 0 Å². The van der Waals surface area contributed by atoms with Crippen LogP contribution >= 0.6 is 0 Å². The standard InChI is InChI=1S/C17H22N2O.C2H4/c1-3-19(12-13-20-2)17-11-7-10-16(18-17)14-15-8-5-4-6-9-15;1-2/h4-11H,3,12-14H2,1-2H3;1-2H2. The summed E-state index contributed by atoms with van der Waals surface area (Å²) >= 11 is 0. The van der Waals surface area contributed by atoms with E-state index in [0.717, 1.165) is 37.6 Å². The Morgan fingerprint density at radius 1 is 1.05 bits per heavy atom. The Kier molecular flexibility index (Phi) is 8.61. The summed E-state index contributed by atoms with van der Waals surface area (Å²) in [4.78, 5) is 7.00. The minimum absolute atomic E-state index is 0.721. The number of rotatable bonds is 7. The fourth-order valence-electron chi connectivity index (χ4n) is 2.18. The average molecular weight is 298 g/mol. The zero-order valence-electron chi connectivity index (χ0n) is 13.7. The normalized spacial score (nSPS) is 9.73. The predicted octanol–water partition coefficient (Wildman–Crippen LogP) is 3.95. The van der Waals surface area contributed by atoms with Crippen LogP contribution in [0.1, 0.15) is 18.2 Å². The number of ether oxygens (including phenoxy) is 1. The zero-order valence-corrected chi connectivity index (χ0v) is 13.7. The quantitative estimate of drug-likeness (QED) is 0.724. The highest BCUT2D eigenvalue weighted by Crippen LogP contribution is 2.14. The van der Waals surface area contributed by atoms with Gasteiger partial charge in [-0.3, -0.25) is 0 Å². The van der Waals surface area contributed by atoms with Crippen molar-refractivity contribution in [3.8, 4) is 0 Å². The molecule has 0 aliphatic heterocycles. The van der Waals surface area contributed by atoms with E-state index < -0.39 is 0 Å². The van der Waals surface area contributed by atoms with Crippen molar-refractivity contribution in [1.29, 1.82) is 0 Å². The number of hydrogen-bond acceptors (Lipinski definition) is 3. The Labute approximate surface area is 134 Å². The summed E-state index contributed by atoms with van der Waals surface area (Å²) in [7, 11) is 1.73. The van der Waals surface area contributed by atoms with E-state index in [4.69, 9.17) is 9.72 Å². The molecule has 0 atom stereocenters. The fraction of sp³-hybridized carbons (Fsp3) is 0.316. The van der Waals surface area contributed by atoms with Gasteiger partial charge in [0.2, 0.25) is 0 Å². The highest BCUT2D eigenvalue weighted by Gasteiger charge is 2.06. The summed E-state index contributed by atoms with van der Waals surface area (Å²) in [5.74, 6) is 1.03. The van der Waals surface area contributed by atoms with Gasteiger partial charge in [-0.1, -0.05) is 36.4 Å². The second-order valence-corrected chi connectivity index (χ2v) is 4.72. The molecule has 22 heavy (non-hydrogen) atoms. The summed E-state index contributed by atoms with van der Waals surface area (Å²) in [5, 5.41) is 0. The molecule has 1 aromatic heterocycles. The lowest BCUT2D eigenvalue weighted by Crippen LogP contribution is -2.27. The van der Waals surface area contributed by atoms with Gasteiger partial charge >= 0.3 is 0 Å². The first-order valence-electron chi connectivity index (χ1n) is 7.57. The van der Waals surface area contributed by atoms with Gasteiger partial charge in [0.05, 0.1) is 6.61 Å². The third-order valence-corrected chi connectivity index (χ3v) is 3.29. The van der Waals surface area contributed by atoms with Crippen molar-refractivity contribution < 1.29 is 4.74 Å². The van der Waals surface area contributed by atoms with Crippen LogP contribution in [0.3, 0.4) is 0 Å². The Bertz CT molecular complexity index is 528. The van der Waals surface area contributed by atoms with Crippen LogP contribution in [0.5, 0.6) is 0 Å². The minimum atomic E-state index is 0.721. The van der Waals surface area contributed by atoms with Crippen LogP contribution in [0, 0.1) is 0 Å². The third kappa shape index (κ3) is 5.70. The van der Waals surface area contributed by atoms with Gasteiger partial charge in [-0.2, -0.15) is 0 Å². The first-order chi connectivity index (χ1) is 10.8. The van der Waals surface area contributed by atoms with E-state index >= 15 is 0 Å². The lowest BCUT2D eigenvalue weighted by Gasteiger charge is -2.22. The molecule has 0 fully saturated rings. The van der Waals surface area contributed by atoms with Gasteiger partial charge in [0.25, 0.3) is 0 Å². The summed E-state index contributed by atoms with van der Waals surface area (Å²) < 4.78 is 5.15. The maximum Gasteiger partial charge on any atom is 0.128 e. The van der Waals surface area contributed by atoms with E-state index in [1.165, 1.54) is 5.56 Å². The number of likely N-dealkylation sites (N-methyl/N-ethyl adjacent to an activating group) is 1. The Morgan fingerprint density at radius 3 is 2.41 bits per heavy atom. The van der Waals surface area contributed by atoms with Crippen molar-refractivity contribution in [2.75, 3.05) is 31.7 Å². The number of nitrogens with zero attached hydrogens (tertiary/aromatic N) is 2. The average Bonchev–Trinajstić information content (AvgIpc) is 2.59. The Balaban J connectivity index is 0.00000116. The van der Waals surface area contributed by atoms with Gasteiger partial charge in [-0.05, 0) is 24.6 Å². The van der Waals surface area contributed by atoms with Crippen LogP contribution in [0.25, 0.3) is 0 Å². The molecule has 0 bridgehead atoms. The summed E-state index contributed by atoms with van der Waals surface area (Å²) in [6.45, 7) is 10.7. The molecule has 0 unspecified atom stereocenters. The molecule has 0 radical (unpaired) electrons. The number of benzene rings is 1. The third-order valence-electron chi connectivity index (χ3n) is 3.29. The number of hydrogen-bond donors (Lipinski definition) is 0. The van der Waals surface area contributed by atoms with E-state index in [1.807, 2.05) is 6.07 Å². The molecule has 0 aliphatic carbocycles. The smallest absolute Gasteiger partial charge is 0.128 e. The molecular weight excluding hydrogens is 272 g/mol. The van der Waals surface area contributed by atoms with E-state index in [0.29, 0.717) is 0 Å². The molecule has 0 saturated heterocycles. The van der Waals surface area contributed by atoms with Gasteiger partial charge in [-0.15, -0.1) is 13.2 Å². The maximum atomic E-state index is 5.15. The Hall–Kier alpha value is -2.13. The second kappa shape index (κ2) is 10.6. The van der Waals surface area contributed by atoms with E-state index in [1.54, 1.807) is 7.11 Å². The van der Waals surface area contributed by atoms with Crippen LogP contribution in [0.15, 0.2) is 61.7 Å². The molecule has 3 heteroatoms. The summed E-state index contributed by atoms with van der Waals surface area (Å²) in [5.41, 5.74) is 2.39. The van der Waals surface area contributed by atoms with Crippen molar-refractivity contribution >= 4 is 5.82 Å². The minimum Gasteiger partial charge on any atom is -0.383 e. The molecule has 2 rings (SSSR count). The first kappa shape index (κ1) is 17.9. The molecule has 118 valence electrons. The summed E-state index contributed by atoms with van der Waals surface area (Å²) in [6.07, 6.45) is 0.872. The van der Waals surface area contributed by atoms with Crippen LogP contribution in [0.2, 0.25) is 0 Å². The largest absolute Gasteiger partial charge is 0.383 e. The molecule has 0 saturated carbocycles. The van der Waals surface area contributed by atoms with Gasteiger partial charge in [-0.25, -0.2) is 4.98 Å². The highest BCUT2D eigenvalue weighted by molar-refractivity contribution is 5.39. The number of pyridine rings is 1. The molecule has 0 amide bonds. The summed E-state index contributed by atoms with van der Waals surface area (Å²) in [6, 6.07) is 16.7. The van der Waals surface area contributed by atoms with Gasteiger partial charge in [0.15, 0.2) is 0 Å². The first-order valence-corrected chi connectivity index (χ1v) is 7.57. The maximum absolute atomic E-state index is 5.15. The van der Waals surface area contributed by atoms with Gasteiger partial charge in [0.1, 0.15) is 5.82 Å². The monoisotopic (exact) mass is 298 g/mol. The molecule has 3 nitrogen and oxygen atoms in total. The molecule has 1 aromatic carbocycles. The number of methoxy groups -OCH3 is 1. The van der Waals surface area contributed by atoms with Crippen LogP contribution in [-0.2, 0) is 11.2 Å². The molecule has 0 aliphatic rings. The van der Waals surface area contributed by atoms with Crippen LogP contribution < -0.4 is 4.90 Å². The number of anilines is 1. The zero-order chi connectivity index (χ0) is 16.2. The highest BCUT2D eigenvalue weighted by atomic mass is 16.5. The molecule has 0 N–H and O–H groups in total. The van der Waals surface area contributed by atoms with Crippen molar-refractivity contribution in [3.05, 3.63) is 72.9 Å². The Morgan fingerprint density at radius 2 is 1.77 bits per heavy atom. The molecule has 0 spiro atoms. The van der Waals surface area contributed by atoms with Crippen molar-refractivity contribution in [2.24, 2.45) is 0 Å². The van der Waals surface area contributed by atoms with Gasteiger partial charge < -0.3 is 9.64 Å². The van der Waals surface area contributed by atoms with Crippen LogP contribution in [-0.4, -0.2) is 31.8 Å². The lowest BCUT2D eigenvalue weighted by atomic mass is 10.1. The number of aromatic nitrogens is 1. The predicted molar refractivity (Wildman–Crippen MR) is 94.5 cm³/mol. The molecule has 1 heterocycles. The van der Waals surface area contributed by atoms with Gasteiger partial charge in [0, 0.05) is 32.3 Å². The van der Waals surface area contributed by atoms with Crippen molar-refractivity contribution in [2.45, 2.75) is 13.3 Å². The fourth-order valence-corrected chi connectivity index (χ4v) is 2.18. The van der Waals surface area contributed by atoms with Crippen molar-refractivity contribution in [3.63, 3.8) is 0 Å². The SMILES string of the molecule is C=C.CCN(CCOC)c1cccc(Cc2ccccc2)n1. The van der Waals surface area contributed by atoms with Crippen LogP contribution in [0.4, 0.5) is 5.82 Å². The van der Waals surface area contributed by atoms with Crippen molar-refractivity contribution in [1.82, 2.24) is 4.98 Å². The lowest BCUT2D eigenvalue weighted by molar-refractivity contribution is 0.205. The molecule has 2 aromatic rings.